The molecule has 1 aromatic heterocycles. The molecular formula is C18H26N6O. The topological polar surface area (TPSA) is 81.0 Å². The van der Waals surface area contributed by atoms with Crippen molar-refractivity contribution in [2.24, 2.45) is 23.1 Å². The molecule has 0 spiro atoms. The first-order valence-electron chi connectivity index (χ1n) is 8.23. The molecular weight excluding hydrogens is 316 g/mol. The van der Waals surface area contributed by atoms with Crippen LogP contribution in [-0.2, 0) is 18.4 Å². The van der Waals surface area contributed by atoms with Gasteiger partial charge in [0.15, 0.2) is 0 Å². The fraction of sp³-hybridized carbons (Fsp3) is 0.389. The number of benzene rings is 1. The zero-order chi connectivity index (χ0) is 18.4. The van der Waals surface area contributed by atoms with E-state index in [-0.39, 0.29) is 0 Å². The Morgan fingerprint density at radius 2 is 2.08 bits per heavy atom. The molecule has 25 heavy (non-hydrogen) atoms. The highest BCUT2D eigenvalue weighted by molar-refractivity contribution is 5.97. The van der Waals surface area contributed by atoms with Gasteiger partial charge >= 0.3 is 0 Å². The second-order valence-corrected chi connectivity index (χ2v) is 5.88. The van der Waals surface area contributed by atoms with Gasteiger partial charge in [-0.3, -0.25) is 4.68 Å². The molecule has 0 aliphatic rings. The van der Waals surface area contributed by atoms with Crippen LogP contribution in [0, 0.1) is 6.92 Å². The third-order valence-corrected chi connectivity index (χ3v) is 3.85. The van der Waals surface area contributed by atoms with Crippen molar-refractivity contribution in [1.82, 2.24) is 9.78 Å². The standard InChI is InChI=1S/C18H26N6O/c1-6-18(21-20-14(3)16-10-11-23(4)22-16)25-12-15-13(2)8-7-9-17(15)24(5)19/h7-11H,6,12,19H2,1-5H3. The Labute approximate surface area is 148 Å². The first kappa shape index (κ1) is 18.7. The van der Waals surface area contributed by atoms with Crippen molar-refractivity contribution in [2.45, 2.75) is 33.8 Å². The van der Waals surface area contributed by atoms with E-state index >= 15 is 0 Å². The molecule has 0 fully saturated rings. The van der Waals surface area contributed by atoms with Gasteiger partial charge in [0.2, 0.25) is 5.90 Å². The van der Waals surface area contributed by atoms with Crippen molar-refractivity contribution in [3.05, 3.63) is 47.3 Å². The molecule has 1 aromatic carbocycles. The van der Waals surface area contributed by atoms with E-state index in [1.807, 2.05) is 65.3 Å². The predicted octanol–water partition coefficient (Wildman–Crippen LogP) is 2.79. The molecule has 0 saturated heterocycles. The Balaban J connectivity index is 2.13. The summed E-state index contributed by atoms with van der Waals surface area (Å²) in [6, 6.07) is 7.89. The first-order valence-corrected chi connectivity index (χ1v) is 8.23. The van der Waals surface area contributed by atoms with E-state index in [1.165, 1.54) is 0 Å². The van der Waals surface area contributed by atoms with Crippen LogP contribution < -0.4 is 10.9 Å². The largest absolute Gasteiger partial charge is 0.475 e. The lowest BCUT2D eigenvalue weighted by Crippen LogP contribution is -2.26. The van der Waals surface area contributed by atoms with Crippen molar-refractivity contribution < 1.29 is 4.74 Å². The van der Waals surface area contributed by atoms with Crippen LogP contribution in [0.25, 0.3) is 0 Å². The predicted molar refractivity (Wildman–Crippen MR) is 102 cm³/mol. The summed E-state index contributed by atoms with van der Waals surface area (Å²) in [4.78, 5) is 0. The Hall–Kier alpha value is -2.67. The maximum Gasteiger partial charge on any atom is 0.208 e. The number of aromatic nitrogens is 2. The van der Waals surface area contributed by atoms with Gasteiger partial charge in [-0.25, -0.2) is 5.84 Å². The van der Waals surface area contributed by atoms with Gasteiger partial charge in [-0.15, -0.1) is 5.10 Å². The first-order chi connectivity index (χ1) is 11.9. The molecule has 0 amide bonds. The summed E-state index contributed by atoms with van der Waals surface area (Å²) in [5.74, 6) is 6.48. The number of nitrogens with two attached hydrogens (primary N) is 1. The molecule has 0 atom stereocenters. The fourth-order valence-electron chi connectivity index (χ4n) is 2.35. The zero-order valence-electron chi connectivity index (χ0n) is 15.5. The smallest absolute Gasteiger partial charge is 0.208 e. The summed E-state index contributed by atoms with van der Waals surface area (Å²) in [6.45, 7) is 6.30. The SMILES string of the molecule is CCC(=NN=C(C)c1ccn(C)n1)OCc1c(C)cccc1N(C)N. The molecule has 134 valence electrons. The maximum atomic E-state index is 5.90. The second-order valence-electron chi connectivity index (χ2n) is 5.88. The van der Waals surface area contributed by atoms with Crippen LogP contribution in [0.1, 0.15) is 37.1 Å². The van der Waals surface area contributed by atoms with E-state index in [0.717, 1.165) is 28.2 Å². The van der Waals surface area contributed by atoms with E-state index in [4.69, 9.17) is 10.6 Å². The molecule has 7 heteroatoms. The maximum absolute atomic E-state index is 5.90. The molecule has 2 aromatic rings. The van der Waals surface area contributed by atoms with Gasteiger partial charge in [0, 0.05) is 32.3 Å². The summed E-state index contributed by atoms with van der Waals surface area (Å²) in [6.07, 6.45) is 2.52. The molecule has 0 unspecified atom stereocenters. The quantitative estimate of drug-likeness (QED) is 0.379. The van der Waals surface area contributed by atoms with Crippen LogP contribution in [0.4, 0.5) is 5.69 Å². The Bertz CT molecular complexity index is 776. The van der Waals surface area contributed by atoms with Crippen molar-refractivity contribution in [3.63, 3.8) is 0 Å². The van der Waals surface area contributed by atoms with Crippen molar-refractivity contribution in [2.75, 3.05) is 12.1 Å². The molecule has 1 heterocycles. The fourth-order valence-corrected chi connectivity index (χ4v) is 2.35. The van der Waals surface area contributed by atoms with Gasteiger partial charge in [0.05, 0.1) is 11.4 Å². The zero-order valence-corrected chi connectivity index (χ0v) is 15.5. The number of nitrogens with zero attached hydrogens (tertiary/aromatic N) is 5. The van der Waals surface area contributed by atoms with E-state index in [9.17, 15) is 0 Å². The lowest BCUT2D eigenvalue weighted by molar-refractivity contribution is 0.283. The van der Waals surface area contributed by atoms with Crippen LogP contribution in [0.3, 0.4) is 0 Å². The Morgan fingerprint density at radius 1 is 1.32 bits per heavy atom. The minimum Gasteiger partial charge on any atom is -0.475 e. The van der Waals surface area contributed by atoms with Gasteiger partial charge in [-0.05, 0) is 31.5 Å². The lowest BCUT2D eigenvalue weighted by atomic mass is 10.1. The molecule has 0 bridgehead atoms. The minimum atomic E-state index is 0.397. The molecule has 2 N–H and O–H groups in total. The van der Waals surface area contributed by atoms with E-state index in [1.54, 1.807) is 9.69 Å². The molecule has 0 saturated carbocycles. The summed E-state index contributed by atoms with van der Waals surface area (Å²) in [5, 5.41) is 14.4. The number of hydrogen-bond acceptors (Lipinski definition) is 6. The van der Waals surface area contributed by atoms with Crippen molar-refractivity contribution in [3.8, 4) is 0 Å². The van der Waals surface area contributed by atoms with Crippen molar-refractivity contribution >= 4 is 17.3 Å². The number of anilines is 1. The van der Waals surface area contributed by atoms with Crippen LogP contribution in [0.15, 0.2) is 40.7 Å². The van der Waals surface area contributed by atoms with Gasteiger partial charge < -0.3 is 9.75 Å². The normalized spacial score (nSPS) is 12.4. The third kappa shape index (κ3) is 4.90. The Kier molecular flexibility index (Phi) is 6.30. The van der Waals surface area contributed by atoms with Gasteiger partial charge in [0.25, 0.3) is 0 Å². The summed E-state index contributed by atoms with van der Waals surface area (Å²) < 4.78 is 7.61. The highest BCUT2D eigenvalue weighted by Gasteiger charge is 2.10. The van der Waals surface area contributed by atoms with Gasteiger partial charge in [-0.1, -0.05) is 19.1 Å². The molecule has 0 radical (unpaired) electrons. The van der Waals surface area contributed by atoms with Crippen LogP contribution >= 0.6 is 0 Å². The highest BCUT2D eigenvalue weighted by Crippen LogP contribution is 2.22. The summed E-state index contributed by atoms with van der Waals surface area (Å²) >= 11 is 0. The molecule has 0 aliphatic carbocycles. The Morgan fingerprint density at radius 3 is 2.68 bits per heavy atom. The van der Waals surface area contributed by atoms with E-state index < -0.39 is 0 Å². The third-order valence-electron chi connectivity index (χ3n) is 3.85. The average Bonchev–Trinajstić information content (AvgIpc) is 3.02. The number of hydrogen-bond donors (Lipinski definition) is 1. The van der Waals surface area contributed by atoms with Crippen LogP contribution in [0.5, 0.6) is 0 Å². The number of ether oxygens (including phenoxy) is 1. The highest BCUT2D eigenvalue weighted by atomic mass is 16.5. The average molecular weight is 342 g/mol. The molecule has 2 rings (SSSR count). The van der Waals surface area contributed by atoms with Gasteiger partial charge in [-0.2, -0.15) is 10.2 Å². The van der Waals surface area contributed by atoms with E-state index in [2.05, 4.69) is 15.3 Å². The number of hydrazine groups is 1. The van der Waals surface area contributed by atoms with Crippen LogP contribution in [-0.4, -0.2) is 28.4 Å². The summed E-state index contributed by atoms with van der Waals surface area (Å²) in [5.41, 5.74) is 4.64. The van der Waals surface area contributed by atoms with E-state index in [0.29, 0.717) is 18.9 Å². The number of aryl methyl sites for hydroxylation is 2. The minimum absolute atomic E-state index is 0.397. The lowest BCUT2D eigenvalue weighted by Gasteiger charge is -2.19. The molecule has 7 nitrogen and oxygen atoms in total. The van der Waals surface area contributed by atoms with Crippen molar-refractivity contribution in [1.29, 1.82) is 0 Å². The molecule has 0 aliphatic heterocycles. The summed E-state index contributed by atoms with van der Waals surface area (Å²) in [7, 11) is 3.68. The second kappa shape index (κ2) is 8.43. The van der Waals surface area contributed by atoms with Crippen LogP contribution in [0.2, 0.25) is 0 Å². The van der Waals surface area contributed by atoms with Gasteiger partial charge in [0.1, 0.15) is 12.3 Å². The monoisotopic (exact) mass is 342 g/mol. The number of rotatable bonds is 6.